The quantitative estimate of drug-likeness (QED) is 0.566. The fourth-order valence-corrected chi connectivity index (χ4v) is 3.81. The van der Waals surface area contributed by atoms with Crippen molar-refractivity contribution in [3.63, 3.8) is 0 Å². The molecule has 0 aromatic heterocycles. The highest BCUT2D eigenvalue weighted by atomic mass is 16.5. The molecule has 0 spiro atoms. The molecule has 3 amide bonds. The monoisotopic (exact) mass is 421 g/mol. The predicted molar refractivity (Wildman–Crippen MR) is 114 cm³/mol. The number of carbonyl (C=O) groups is 4. The Morgan fingerprint density at radius 1 is 0.968 bits per heavy atom. The Morgan fingerprint density at radius 2 is 1.68 bits per heavy atom. The van der Waals surface area contributed by atoms with Crippen LogP contribution in [0.4, 0.5) is 11.4 Å². The Kier molecular flexibility index (Phi) is 5.97. The van der Waals surface area contributed by atoms with Crippen molar-refractivity contribution in [2.45, 2.75) is 19.3 Å². The number of carbonyl (C=O) groups excluding carboxylic acids is 4. The van der Waals surface area contributed by atoms with Gasteiger partial charge in [0.25, 0.3) is 11.8 Å². The molecule has 31 heavy (non-hydrogen) atoms. The summed E-state index contributed by atoms with van der Waals surface area (Å²) in [7, 11) is 0. The fraction of sp³-hybridized carbons (Fsp3) is 0.304. The molecule has 2 aliphatic rings. The van der Waals surface area contributed by atoms with Crippen molar-refractivity contribution < 1.29 is 23.9 Å². The number of hydrogen-bond donors (Lipinski definition) is 1. The number of amides is 3. The summed E-state index contributed by atoms with van der Waals surface area (Å²) in [5, 5.41) is 2.67. The minimum atomic E-state index is -0.819. The third-order valence-electron chi connectivity index (χ3n) is 5.41. The fourth-order valence-electron chi connectivity index (χ4n) is 3.81. The predicted octanol–water partition coefficient (Wildman–Crippen LogP) is 1.99. The minimum absolute atomic E-state index is 0.0447. The summed E-state index contributed by atoms with van der Waals surface area (Å²) < 4.78 is 4.96. The highest BCUT2D eigenvalue weighted by Crippen LogP contribution is 2.22. The van der Waals surface area contributed by atoms with Gasteiger partial charge in [-0.2, -0.15) is 0 Å². The van der Waals surface area contributed by atoms with Gasteiger partial charge in [-0.05, 0) is 48.7 Å². The van der Waals surface area contributed by atoms with Crippen LogP contribution >= 0.6 is 0 Å². The van der Waals surface area contributed by atoms with E-state index in [1.54, 1.807) is 36.4 Å². The van der Waals surface area contributed by atoms with E-state index in [0.717, 1.165) is 23.7 Å². The number of ether oxygens (including phenoxy) is 1. The zero-order valence-electron chi connectivity index (χ0n) is 17.0. The molecule has 2 aromatic carbocycles. The third kappa shape index (κ3) is 4.74. The van der Waals surface area contributed by atoms with Crippen molar-refractivity contribution in [2.75, 3.05) is 36.5 Å². The van der Waals surface area contributed by atoms with E-state index in [4.69, 9.17) is 4.74 Å². The molecular formula is C23H23N3O5. The lowest BCUT2D eigenvalue weighted by Crippen LogP contribution is -2.45. The van der Waals surface area contributed by atoms with Crippen LogP contribution in [0.1, 0.15) is 28.8 Å². The topological polar surface area (TPSA) is 96.0 Å². The summed E-state index contributed by atoms with van der Waals surface area (Å²) in [5.41, 5.74) is 2.74. The van der Waals surface area contributed by atoms with Crippen molar-refractivity contribution in [3.05, 3.63) is 59.7 Å². The van der Waals surface area contributed by atoms with Crippen LogP contribution in [0, 0.1) is 0 Å². The number of hydrogen-bond acceptors (Lipinski definition) is 6. The molecule has 1 fully saturated rings. The van der Waals surface area contributed by atoms with Gasteiger partial charge in [0.15, 0.2) is 6.61 Å². The van der Waals surface area contributed by atoms with Gasteiger partial charge in [0.05, 0.1) is 6.42 Å². The van der Waals surface area contributed by atoms with Crippen LogP contribution in [-0.4, -0.2) is 54.8 Å². The molecule has 0 bridgehead atoms. The van der Waals surface area contributed by atoms with E-state index in [9.17, 15) is 19.2 Å². The van der Waals surface area contributed by atoms with Gasteiger partial charge >= 0.3 is 5.97 Å². The van der Waals surface area contributed by atoms with Crippen LogP contribution in [0.3, 0.4) is 0 Å². The lowest BCUT2D eigenvalue weighted by atomic mass is 9.98. The lowest BCUT2D eigenvalue weighted by molar-refractivity contribution is -0.150. The molecule has 1 saturated heterocycles. The summed E-state index contributed by atoms with van der Waals surface area (Å²) in [4.78, 5) is 52.1. The number of rotatable bonds is 6. The Balaban J connectivity index is 1.26. The number of imide groups is 1. The zero-order valence-corrected chi connectivity index (χ0v) is 17.0. The Hall–Kier alpha value is -3.68. The van der Waals surface area contributed by atoms with Crippen LogP contribution in [-0.2, 0) is 25.5 Å². The molecule has 1 N–H and O–H groups in total. The summed E-state index contributed by atoms with van der Waals surface area (Å²) >= 11 is 0. The van der Waals surface area contributed by atoms with Crippen LogP contribution in [0.5, 0.6) is 0 Å². The van der Waals surface area contributed by atoms with Crippen LogP contribution < -0.4 is 10.2 Å². The second-order valence-electron chi connectivity index (χ2n) is 7.57. The van der Waals surface area contributed by atoms with E-state index in [0.29, 0.717) is 16.8 Å². The maximum Gasteiger partial charge on any atom is 0.326 e. The van der Waals surface area contributed by atoms with Gasteiger partial charge in [0.2, 0.25) is 5.91 Å². The Labute approximate surface area is 179 Å². The maximum atomic E-state index is 12.5. The Bertz CT molecular complexity index is 1010. The first kappa shape index (κ1) is 20.6. The van der Waals surface area contributed by atoms with Crippen molar-refractivity contribution >= 4 is 35.1 Å². The van der Waals surface area contributed by atoms with E-state index in [-0.39, 0.29) is 6.42 Å². The van der Waals surface area contributed by atoms with Gasteiger partial charge in [-0.1, -0.05) is 18.2 Å². The van der Waals surface area contributed by atoms with Crippen LogP contribution in [0.25, 0.3) is 0 Å². The number of esters is 1. The summed E-state index contributed by atoms with van der Waals surface area (Å²) in [6.45, 7) is 1.05. The number of nitrogens with one attached hydrogen (secondary N) is 1. The van der Waals surface area contributed by atoms with Crippen LogP contribution in [0.15, 0.2) is 48.5 Å². The molecule has 2 aromatic rings. The first-order valence-electron chi connectivity index (χ1n) is 10.2. The average Bonchev–Trinajstić information content (AvgIpc) is 3.31. The number of nitrogens with zero attached hydrogens (tertiary/aromatic N) is 2. The SMILES string of the molecule is O=C(COC(=O)CN1C(=O)Cc2ccccc2C1=O)Nc1ccc(N2CCCC2)cc1. The van der Waals surface area contributed by atoms with Gasteiger partial charge in [-0.25, -0.2) is 0 Å². The molecular weight excluding hydrogens is 398 g/mol. The highest BCUT2D eigenvalue weighted by Gasteiger charge is 2.32. The highest BCUT2D eigenvalue weighted by molar-refractivity contribution is 6.11. The number of benzene rings is 2. The molecule has 0 saturated carbocycles. The van der Waals surface area contributed by atoms with Crippen LogP contribution in [0.2, 0.25) is 0 Å². The van der Waals surface area contributed by atoms with Gasteiger partial charge in [0, 0.05) is 30.0 Å². The molecule has 0 unspecified atom stereocenters. The third-order valence-corrected chi connectivity index (χ3v) is 5.41. The molecule has 0 radical (unpaired) electrons. The number of fused-ring (bicyclic) bond motifs is 1. The first-order chi connectivity index (χ1) is 15.0. The maximum absolute atomic E-state index is 12.5. The molecule has 8 heteroatoms. The second-order valence-corrected chi connectivity index (χ2v) is 7.57. The molecule has 0 atom stereocenters. The number of anilines is 2. The Morgan fingerprint density at radius 3 is 2.42 bits per heavy atom. The normalized spacial score (nSPS) is 15.6. The molecule has 4 rings (SSSR count). The van der Waals surface area contributed by atoms with E-state index in [2.05, 4.69) is 10.2 Å². The second kappa shape index (κ2) is 8.99. The molecule has 2 aliphatic heterocycles. The average molecular weight is 421 g/mol. The van der Waals surface area contributed by atoms with Crippen molar-refractivity contribution in [1.29, 1.82) is 0 Å². The molecule has 2 heterocycles. The van der Waals surface area contributed by atoms with Crippen molar-refractivity contribution in [1.82, 2.24) is 4.90 Å². The summed E-state index contributed by atoms with van der Waals surface area (Å²) in [5.74, 6) is -2.32. The lowest BCUT2D eigenvalue weighted by Gasteiger charge is -2.25. The van der Waals surface area contributed by atoms with Gasteiger partial charge in [-0.15, -0.1) is 0 Å². The van der Waals surface area contributed by atoms with Gasteiger partial charge < -0.3 is 15.0 Å². The molecule has 8 nitrogen and oxygen atoms in total. The van der Waals surface area contributed by atoms with Gasteiger partial charge in [-0.3, -0.25) is 24.1 Å². The van der Waals surface area contributed by atoms with E-state index in [1.165, 1.54) is 12.8 Å². The first-order valence-corrected chi connectivity index (χ1v) is 10.2. The largest absolute Gasteiger partial charge is 0.454 e. The van der Waals surface area contributed by atoms with E-state index >= 15 is 0 Å². The summed E-state index contributed by atoms with van der Waals surface area (Å²) in [6, 6.07) is 14.3. The van der Waals surface area contributed by atoms with E-state index in [1.807, 2.05) is 12.1 Å². The van der Waals surface area contributed by atoms with Gasteiger partial charge in [0.1, 0.15) is 6.54 Å². The molecule has 0 aliphatic carbocycles. The standard InChI is InChI=1S/C23H23N3O5/c27-20(24-17-7-9-18(10-8-17)25-11-3-4-12-25)15-31-22(29)14-26-21(28)13-16-5-1-2-6-19(16)23(26)30/h1-2,5-10H,3-4,11-15H2,(H,24,27). The minimum Gasteiger partial charge on any atom is -0.454 e. The van der Waals surface area contributed by atoms with E-state index < -0.39 is 36.8 Å². The molecule has 160 valence electrons. The van der Waals surface area contributed by atoms with Crippen molar-refractivity contribution in [3.8, 4) is 0 Å². The zero-order chi connectivity index (χ0) is 21.8. The van der Waals surface area contributed by atoms with Crippen molar-refractivity contribution in [2.24, 2.45) is 0 Å². The summed E-state index contributed by atoms with van der Waals surface area (Å²) in [6.07, 6.45) is 2.42. The smallest absolute Gasteiger partial charge is 0.326 e.